The van der Waals surface area contributed by atoms with Crippen molar-refractivity contribution in [2.75, 3.05) is 18.4 Å². The van der Waals surface area contributed by atoms with Crippen molar-refractivity contribution in [3.05, 3.63) is 41.0 Å². The van der Waals surface area contributed by atoms with E-state index in [2.05, 4.69) is 31.2 Å². The SMILES string of the molecule is CC(C)(C)c1cc(NC(=O)CCC(=O)N2CCCCC2)n(-c2cccc(Cl)c2)n1. The zero-order valence-electron chi connectivity index (χ0n) is 17.4. The summed E-state index contributed by atoms with van der Waals surface area (Å²) in [5.74, 6) is 0.435. The number of benzene rings is 1. The lowest BCUT2D eigenvalue weighted by atomic mass is 9.92. The molecule has 1 aromatic carbocycles. The molecule has 0 bridgehead atoms. The molecule has 29 heavy (non-hydrogen) atoms. The molecule has 7 heteroatoms. The highest BCUT2D eigenvalue weighted by molar-refractivity contribution is 6.30. The lowest BCUT2D eigenvalue weighted by Crippen LogP contribution is -2.36. The van der Waals surface area contributed by atoms with Gasteiger partial charge in [-0.05, 0) is 37.5 Å². The fourth-order valence-electron chi connectivity index (χ4n) is 3.37. The van der Waals surface area contributed by atoms with Crippen LogP contribution < -0.4 is 5.32 Å². The monoisotopic (exact) mass is 416 g/mol. The first-order valence-electron chi connectivity index (χ1n) is 10.2. The highest BCUT2D eigenvalue weighted by Crippen LogP contribution is 2.27. The molecule has 0 atom stereocenters. The summed E-state index contributed by atoms with van der Waals surface area (Å²) in [7, 11) is 0. The van der Waals surface area contributed by atoms with Crippen molar-refractivity contribution in [3.63, 3.8) is 0 Å². The Labute approximate surface area is 177 Å². The fourth-order valence-corrected chi connectivity index (χ4v) is 3.55. The van der Waals surface area contributed by atoms with E-state index in [1.165, 1.54) is 6.42 Å². The summed E-state index contributed by atoms with van der Waals surface area (Å²) in [6.45, 7) is 7.81. The van der Waals surface area contributed by atoms with Crippen LogP contribution in [0.1, 0.15) is 58.6 Å². The van der Waals surface area contributed by atoms with E-state index in [1.807, 2.05) is 23.1 Å². The lowest BCUT2D eigenvalue weighted by molar-refractivity contribution is -0.133. The first kappa shape index (κ1) is 21.4. The summed E-state index contributed by atoms with van der Waals surface area (Å²) >= 11 is 6.14. The van der Waals surface area contributed by atoms with Gasteiger partial charge in [-0.25, -0.2) is 4.68 Å². The van der Waals surface area contributed by atoms with Gasteiger partial charge in [-0.3, -0.25) is 9.59 Å². The topological polar surface area (TPSA) is 67.2 Å². The maximum atomic E-state index is 12.6. The van der Waals surface area contributed by atoms with Crippen molar-refractivity contribution >= 4 is 29.2 Å². The Kier molecular flexibility index (Phi) is 6.63. The fraction of sp³-hybridized carbons (Fsp3) is 0.500. The van der Waals surface area contributed by atoms with Gasteiger partial charge in [-0.15, -0.1) is 0 Å². The molecule has 1 aromatic heterocycles. The molecule has 156 valence electrons. The smallest absolute Gasteiger partial charge is 0.226 e. The third-order valence-corrected chi connectivity index (χ3v) is 5.31. The predicted octanol–water partition coefficient (Wildman–Crippen LogP) is 4.55. The maximum absolute atomic E-state index is 12.6. The first-order valence-corrected chi connectivity index (χ1v) is 10.6. The van der Waals surface area contributed by atoms with Crippen molar-refractivity contribution < 1.29 is 9.59 Å². The van der Waals surface area contributed by atoms with Gasteiger partial charge in [0, 0.05) is 42.4 Å². The molecule has 2 amide bonds. The molecule has 1 fully saturated rings. The van der Waals surface area contributed by atoms with Crippen LogP contribution in [-0.4, -0.2) is 39.6 Å². The summed E-state index contributed by atoms with van der Waals surface area (Å²) in [5, 5.41) is 8.21. The van der Waals surface area contributed by atoms with Crippen molar-refractivity contribution in [3.8, 4) is 5.69 Å². The normalized spacial score (nSPS) is 14.7. The second kappa shape index (κ2) is 8.99. The van der Waals surface area contributed by atoms with Crippen LogP contribution in [-0.2, 0) is 15.0 Å². The molecule has 2 heterocycles. The summed E-state index contributed by atoms with van der Waals surface area (Å²) in [6, 6.07) is 9.21. The molecule has 1 aliphatic rings. The third kappa shape index (κ3) is 5.60. The van der Waals surface area contributed by atoms with Crippen molar-refractivity contribution in [1.29, 1.82) is 0 Å². The molecule has 2 aromatic rings. The van der Waals surface area contributed by atoms with Gasteiger partial charge in [-0.1, -0.05) is 38.4 Å². The van der Waals surface area contributed by atoms with Gasteiger partial charge < -0.3 is 10.2 Å². The van der Waals surface area contributed by atoms with E-state index in [0.29, 0.717) is 10.8 Å². The standard InChI is InChI=1S/C22H29ClN4O2/c1-22(2,3)18-15-19(27(25-18)17-9-7-8-16(23)14-17)24-20(28)10-11-21(29)26-12-5-4-6-13-26/h7-9,14-15H,4-6,10-13H2,1-3H3,(H,24,28). The van der Waals surface area contributed by atoms with Crippen molar-refractivity contribution in [1.82, 2.24) is 14.7 Å². The minimum absolute atomic E-state index is 0.0542. The van der Waals surface area contributed by atoms with Crippen molar-refractivity contribution in [2.24, 2.45) is 0 Å². The lowest BCUT2D eigenvalue weighted by Gasteiger charge is -2.26. The van der Waals surface area contributed by atoms with Crippen LogP contribution in [0.5, 0.6) is 0 Å². The van der Waals surface area contributed by atoms with Crippen LogP contribution in [0.2, 0.25) is 5.02 Å². The van der Waals surface area contributed by atoms with Gasteiger partial charge in [0.1, 0.15) is 5.82 Å². The van der Waals surface area contributed by atoms with E-state index in [0.717, 1.165) is 37.3 Å². The predicted molar refractivity (Wildman–Crippen MR) is 116 cm³/mol. The minimum Gasteiger partial charge on any atom is -0.343 e. The quantitative estimate of drug-likeness (QED) is 0.777. The zero-order valence-corrected chi connectivity index (χ0v) is 18.1. The number of halogens is 1. The molecule has 3 rings (SSSR count). The Balaban J connectivity index is 1.72. The van der Waals surface area contributed by atoms with Gasteiger partial charge in [-0.2, -0.15) is 5.10 Å². The van der Waals surface area contributed by atoms with E-state index >= 15 is 0 Å². The van der Waals surface area contributed by atoms with Crippen LogP contribution in [0, 0.1) is 0 Å². The first-order chi connectivity index (χ1) is 13.7. The average molecular weight is 417 g/mol. The van der Waals surface area contributed by atoms with E-state index in [9.17, 15) is 9.59 Å². The summed E-state index contributed by atoms with van der Waals surface area (Å²) in [5.41, 5.74) is 1.46. The number of amides is 2. The number of carbonyl (C=O) groups excluding carboxylic acids is 2. The summed E-state index contributed by atoms with van der Waals surface area (Å²) in [6.07, 6.45) is 3.65. The Morgan fingerprint density at radius 2 is 1.83 bits per heavy atom. The second-order valence-corrected chi connectivity index (χ2v) is 8.98. The van der Waals surface area contributed by atoms with Crippen LogP contribution in [0.15, 0.2) is 30.3 Å². The van der Waals surface area contributed by atoms with E-state index in [4.69, 9.17) is 11.6 Å². The number of nitrogens with one attached hydrogen (secondary N) is 1. The van der Waals surface area contributed by atoms with Crippen LogP contribution in [0.4, 0.5) is 5.82 Å². The van der Waals surface area contributed by atoms with Crippen LogP contribution in [0.25, 0.3) is 5.69 Å². The highest BCUT2D eigenvalue weighted by Gasteiger charge is 2.22. The Morgan fingerprint density at radius 3 is 2.48 bits per heavy atom. The molecule has 1 saturated heterocycles. The largest absolute Gasteiger partial charge is 0.343 e. The van der Waals surface area contributed by atoms with Gasteiger partial charge in [0.2, 0.25) is 11.8 Å². The zero-order chi connectivity index (χ0) is 21.0. The molecule has 0 saturated carbocycles. The number of likely N-dealkylation sites (tertiary alicyclic amines) is 1. The third-order valence-electron chi connectivity index (χ3n) is 5.07. The molecule has 6 nitrogen and oxygen atoms in total. The van der Waals surface area contributed by atoms with E-state index in [1.54, 1.807) is 16.8 Å². The Morgan fingerprint density at radius 1 is 1.10 bits per heavy atom. The molecule has 0 unspecified atom stereocenters. The number of aromatic nitrogens is 2. The average Bonchev–Trinajstić information content (AvgIpc) is 3.11. The number of nitrogens with zero attached hydrogens (tertiary/aromatic N) is 3. The number of carbonyl (C=O) groups is 2. The summed E-state index contributed by atoms with van der Waals surface area (Å²) < 4.78 is 1.69. The number of anilines is 1. The van der Waals surface area contributed by atoms with Crippen LogP contribution in [0.3, 0.4) is 0 Å². The Hall–Kier alpha value is -2.34. The van der Waals surface area contributed by atoms with Gasteiger partial charge in [0.05, 0.1) is 11.4 Å². The maximum Gasteiger partial charge on any atom is 0.226 e. The molecular weight excluding hydrogens is 388 g/mol. The molecule has 0 radical (unpaired) electrons. The minimum atomic E-state index is -0.195. The van der Waals surface area contributed by atoms with Crippen LogP contribution >= 0.6 is 11.6 Å². The van der Waals surface area contributed by atoms with Gasteiger partial charge >= 0.3 is 0 Å². The van der Waals surface area contributed by atoms with E-state index in [-0.39, 0.29) is 30.1 Å². The Bertz CT molecular complexity index is 879. The number of hydrogen-bond donors (Lipinski definition) is 1. The molecule has 0 spiro atoms. The summed E-state index contributed by atoms with van der Waals surface area (Å²) in [4.78, 5) is 26.8. The highest BCUT2D eigenvalue weighted by atomic mass is 35.5. The number of rotatable bonds is 5. The molecule has 0 aliphatic carbocycles. The number of piperidine rings is 1. The molecular formula is C22H29ClN4O2. The molecule has 1 N–H and O–H groups in total. The number of hydrogen-bond acceptors (Lipinski definition) is 3. The van der Waals surface area contributed by atoms with Gasteiger partial charge in [0.15, 0.2) is 0 Å². The molecule has 1 aliphatic heterocycles. The van der Waals surface area contributed by atoms with E-state index < -0.39 is 0 Å². The van der Waals surface area contributed by atoms with Gasteiger partial charge in [0.25, 0.3) is 0 Å². The van der Waals surface area contributed by atoms with Crippen molar-refractivity contribution in [2.45, 2.75) is 58.3 Å². The second-order valence-electron chi connectivity index (χ2n) is 8.55.